The van der Waals surface area contributed by atoms with Gasteiger partial charge in [0.25, 0.3) is 0 Å². The van der Waals surface area contributed by atoms with Crippen LogP contribution >= 0.6 is 0 Å². The van der Waals surface area contributed by atoms with E-state index < -0.39 is 5.82 Å². The number of carbonyl (C=O) groups excluding carboxylic acids is 1. The Labute approximate surface area is 105 Å². The normalized spacial score (nSPS) is 13.7. The van der Waals surface area contributed by atoms with E-state index >= 15 is 0 Å². The van der Waals surface area contributed by atoms with Crippen molar-refractivity contribution in [2.24, 2.45) is 5.92 Å². The number of hydrogen-bond donors (Lipinski definition) is 2. The van der Waals surface area contributed by atoms with Crippen LogP contribution in [0, 0.1) is 23.6 Å². The highest BCUT2D eigenvalue weighted by molar-refractivity contribution is 5.95. The summed E-state index contributed by atoms with van der Waals surface area (Å²) in [5, 5.41) is 11.4. The van der Waals surface area contributed by atoms with Crippen molar-refractivity contribution in [2.45, 2.75) is 19.3 Å². The van der Waals surface area contributed by atoms with E-state index in [1.807, 2.05) is 0 Å². The number of benzene rings is 1. The van der Waals surface area contributed by atoms with Crippen LogP contribution in [0.25, 0.3) is 0 Å². The van der Waals surface area contributed by atoms with Gasteiger partial charge in [-0.15, -0.1) is 0 Å². The van der Waals surface area contributed by atoms with Gasteiger partial charge in [0.1, 0.15) is 5.82 Å². The van der Waals surface area contributed by atoms with E-state index in [0.29, 0.717) is 17.7 Å². The van der Waals surface area contributed by atoms with E-state index in [4.69, 9.17) is 5.11 Å². The van der Waals surface area contributed by atoms with Gasteiger partial charge in [-0.1, -0.05) is 11.8 Å². The van der Waals surface area contributed by atoms with Crippen molar-refractivity contribution in [3.8, 4) is 11.8 Å². The molecule has 2 rings (SSSR count). The smallest absolute Gasteiger partial charge is 0.227 e. The predicted molar refractivity (Wildman–Crippen MR) is 66.3 cm³/mol. The van der Waals surface area contributed by atoms with Crippen LogP contribution in [-0.2, 0) is 4.79 Å². The summed E-state index contributed by atoms with van der Waals surface area (Å²) in [6, 6.07) is 4.09. The highest BCUT2D eigenvalue weighted by atomic mass is 19.1. The Morgan fingerprint density at radius 1 is 1.50 bits per heavy atom. The predicted octanol–water partition coefficient (Wildman–Crippen LogP) is 1.91. The Kier molecular flexibility index (Phi) is 3.96. The molecule has 3 nitrogen and oxygen atoms in total. The molecule has 1 aliphatic carbocycles. The van der Waals surface area contributed by atoms with Crippen LogP contribution in [0.3, 0.4) is 0 Å². The van der Waals surface area contributed by atoms with E-state index in [2.05, 4.69) is 17.2 Å². The molecule has 0 bridgehead atoms. The average molecular weight is 247 g/mol. The Hall–Kier alpha value is -1.86. The summed E-state index contributed by atoms with van der Waals surface area (Å²) in [6.07, 6.45) is 2.16. The van der Waals surface area contributed by atoms with Crippen molar-refractivity contribution >= 4 is 11.6 Å². The second kappa shape index (κ2) is 5.65. The first-order chi connectivity index (χ1) is 8.70. The molecule has 18 heavy (non-hydrogen) atoms. The van der Waals surface area contributed by atoms with Crippen molar-refractivity contribution in [1.29, 1.82) is 0 Å². The summed E-state index contributed by atoms with van der Waals surface area (Å²) in [7, 11) is 0. The van der Waals surface area contributed by atoms with E-state index in [1.165, 1.54) is 18.2 Å². The molecule has 0 radical (unpaired) electrons. The van der Waals surface area contributed by atoms with Gasteiger partial charge in [0.15, 0.2) is 0 Å². The molecule has 4 heteroatoms. The van der Waals surface area contributed by atoms with Crippen molar-refractivity contribution < 1.29 is 14.3 Å². The van der Waals surface area contributed by atoms with E-state index in [-0.39, 0.29) is 18.4 Å². The number of halogens is 1. The van der Waals surface area contributed by atoms with Crippen LogP contribution in [0.4, 0.5) is 10.1 Å². The SMILES string of the molecule is O=C(Nc1ccc(F)cc1C#CCCO)C1CC1. The van der Waals surface area contributed by atoms with Crippen LogP contribution in [0.15, 0.2) is 18.2 Å². The van der Waals surface area contributed by atoms with Gasteiger partial charge in [-0.05, 0) is 31.0 Å². The molecule has 94 valence electrons. The molecular formula is C14H14FNO2. The molecule has 1 aliphatic rings. The number of rotatable bonds is 3. The summed E-state index contributed by atoms with van der Waals surface area (Å²) < 4.78 is 13.1. The van der Waals surface area contributed by atoms with Gasteiger partial charge in [-0.25, -0.2) is 4.39 Å². The minimum absolute atomic E-state index is 0.0354. The molecule has 2 N–H and O–H groups in total. The van der Waals surface area contributed by atoms with E-state index in [9.17, 15) is 9.18 Å². The lowest BCUT2D eigenvalue weighted by Gasteiger charge is -2.06. The monoisotopic (exact) mass is 247 g/mol. The maximum Gasteiger partial charge on any atom is 0.227 e. The molecule has 0 spiro atoms. The molecule has 0 unspecified atom stereocenters. The zero-order valence-corrected chi connectivity index (χ0v) is 9.87. The number of amides is 1. The molecule has 1 aromatic carbocycles. The van der Waals surface area contributed by atoms with Gasteiger partial charge in [-0.2, -0.15) is 0 Å². The van der Waals surface area contributed by atoms with Crippen LogP contribution in [-0.4, -0.2) is 17.6 Å². The molecule has 0 aromatic heterocycles. The van der Waals surface area contributed by atoms with Crippen LogP contribution < -0.4 is 5.32 Å². The fourth-order valence-corrected chi connectivity index (χ4v) is 1.52. The Bertz CT molecular complexity index is 512. The number of hydrogen-bond acceptors (Lipinski definition) is 2. The molecule has 1 saturated carbocycles. The molecule has 0 saturated heterocycles. The molecule has 1 amide bonds. The fourth-order valence-electron chi connectivity index (χ4n) is 1.52. The standard InChI is InChI=1S/C14H14FNO2/c15-12-6-7-13(16-14(18)10-4-5-10)11(9-12)3-1-2-8-17/h6-7,9-10,17H,2,4-5,8H2,(H,16,18). The number of anilines is 1. The summed E-state index contributed by atoms with van der Waals surface area (Å²) in [5.74, 6) is 5.13. The maximum absolute atomic E-state index is 13.1. The van der Waals surface area contributed by atoms with Crippen LogP contribution in [0.1, 0.15) is 24.8 Å². The summed E-state index contributed by atoms with van der Waals surface area (Å²) >= 11 is 0. The van der Waals surface area contributed by atoms with Gasteiger partial charge >= 0.3 is 0 Å². The van der Waals surface area contributed by atoms with Gasteiger partial charge in [0.05, 0.1) is 17.9 Å². The van der Waals surface area contributed by atoms with Gasteiger partial charge in [0, 0.05) is 12.3 Å². The van der Waals surface area contributed by atoms with Crippen molar-refractivity contribution in [1.82, 2.24) is 0 Å². The lowest BCUT2D eigenvalue weighted by atomic mass is 10.1. The topological polar surface area (TPSA) is 49.3 Å². The third kappa shape index (κ3) is 3.31. The van der Waals surface area contributed by atoms with Gasteiger partial charge in [0.2, 0.25) is 5.91 Å². The molecule has 1 fully saturated rings. The zero-order valence-electron chi connectivity index (χ0n) is 9.87. The number of carbonyl (C=O) groups is 1. The number of aliphatic hydroxyl groups excluding tert-OH is 1. The highest BCUT2D eigenvalue weighted by Gasteiger charge is 2.29. The van der Waals surface area contributed by atoms with Crippen LogP contribution in [0.2, 0.25) is 0 Å². The highest BCUT2D eigenvalue weighted by Crippen LogP contribution is 2.30. The minimum atomic E-state index is -0.396. The quantitative estimate of drug-likeness (QED) is 0.801. The molecule has 0 atom stereocenters. The van der Waals surface area contributed by atoms with Gasteiger partial charge < -0.3 is 10.4 Å². The largest absolute Gasteiger partial charge is 0.395 e. The Balaban J connectivity index is 2.17. The summed E-state index contributed by atoms with van der Waals surface area (Å²) in [6.45, 7) is -0.0356. The lowest BCUT2D eigenvalue weighted by Crippen LogP contribution is -2.14. The minimum Gasteiger partial charge on any atom is -0.395 e. The van der Waals surface area contributed by atoms with Crippen LogP contribution in [0.5, 0.6) is 0 Å². The summed E-state index contributed by atoms with van der Waals surface area (Å²) in [5.41, 5.74) is 0.969. The molecular weight excluding hydrogens is 233 g/mol. The van der Waals surface area contributed by atoms with Crippen molar-refractivity contribution in [2.75, 3.05) is 11.9 Å². The third-order valence-electron chi connectivity index (χ3n) is 2.65. The van der Waals surface area contributed by atoms with Crippen molar-refractivity contribution in [3.63, 3.8) is 0 Å². The Morgan fingerprint density at radius 2 is 2.28 bits per heavy atom. The van der Waals surface area contributed by atoms with Crippen molar-refractivity contribution in [3.05, 3.63) is 29.6 Å². The third-order valence-corrected chi connectivity index (χ3v) is 2.65. The van der Waals surface area contributed by atoms with Gasteiger partial charge in [-0.3, -0.25) is 4.79 Å². The Morgan fingerprint density at radius 3 is 2.94 bits per heavy atom. The first-order valence-corrected chi connectivity index (χ1v) is 5.91. The lowest BCUT2D eigenvalue weighted by molar-refractivity contribution is -0.117. The average Bonchev–Trinajstić information content (AvgIpc) is 3.16. The zero-order chi connectivity index (χ0) is 13.0. The second-order valence-electron chi connectivity index (χ2n) is 4.23. The fraction of sp³-hybridized carbons (Fsp3) is 0.357. The molecule has 0 aliphatic heterocycles. The maximum atomic E-state index is 13.1. The van der Waals surface area contributed by atoms with E-state index in [1.54, 1.807) is 0 Å². The second-order valence-corrected chi connectivity index (χ2v) is 4.23. The molecule has 1 aromatic rings. The number of nitrogens with one attached hydrogen (secondary N) is 1. The summed E-state index contributed by atoms with van der Waals surface area (Å²) in [4.78, 5) is 11.6. The first kappa shape index (κ1) is 12.6. The molecule has 0 heterocycles. The first-order valence-electron chi connectivity index (χ1n) is 5.91. The number of aliphatic hydroxyl groups is 1. The van der Waals surface area contributed by atoms with E-state index in [0.717, 1.165) is 12.8 Å².